The molecule has 0 saturated carbocycles. The fourth-order valence-electron chi connectivity index (χ4n) is 6.32. The smallest absolute Gasteiger partial charge is 0.204 e. The van der Waals surface area contributed by atoms with Crippen LogP contribution in [0.4, 0.5) is 0 Å². The van der Waals surface area contributed by atoms with E-state index >= 15 is 0 Å². The third-order valence-electron chi connectivity index (χ3n) is 8.81. The lowest BCUT2D eigenvalue weighted by atomic mass is 9.95. The molecule has 2 heterocycles. The average Bonchev–Trinajstić information content (AvgIpc) is 3.61. The van der Waals surface area contributed by atoms with Crippen LogP contribution >= 0.6 is 0 Å². The number of aryl methyl sites for hydroxylation is 2. The number of rotatable bonds is 11. The highest BCUT2D eigenvalue weighted by atomic mass is 16.5. The second-order valence-electron chi connectivity index (χ2n) is 11.9. The largest absolute Gasteiger partial charge is 0.508 e. The second kappa shape index (κ2) is 13.6. The molecule has 49 heavy (non-hydrogen) atoms. The number of H-pyrrole nitrogens is 1. The Labute approximate surface area is 282 Å². The molecule has 7 rings (SSSR count). The number of aliphatic hydroxyl groups excluding tert-OH is 1. The van der Waals surface area contributed by atoms with Gasteiger partial charge in [-0.25, -0.2) is 0 Å². The molecule has 4 N–H and O–H groups in total. The summed E-state index contributed by atoms with van der Waals surface area (Å²) in [4.78, 5) is 17.2. The summed E-state index contributed by atoms with van der Waals surface area (Å²) < 4.78 is 18.2. The van der Waals surface area contributed by atoms with E-state index in [1.807, 2.05) is 48.7 Å². The molecule has 1 unspecified atom stereocenters. The summed E-state index contributed by atoms with van der Waals surface area (Å²) in [6, 6.07) is 29.7. The molecule has 0 radical (unpaired) electrons. The fourth-order valence-corrected chi connectivity index (χ4v) is 6.32. The Bertz CT molecular complexity index is 2360. The molecule has 7 aromatic rings. The van der Waals surface area contributed by atoms with Crippen molar-refractivity contribution >= 4 is 38.7 Å². The number of aromatic nitrogens is 1. The maximum absolute atomic E-state index is 13.9. The van der Waals surface area contributed by atoms with E-state index in [1.165, 1.54) is 25.3 Å². The van der Waals surface area contributed by atoms with Crippen LogP contribution in [-0.4, -0.2) is 40.1 Å². The van der Waals surface area contributed by atoms with Crippen molar-refractivity contribution in [1.82, 2.24) is 4.98 Å². The van der Waals surface area contributed by atoms with Crippen LogP contribution in [0.1, 0.15) is 23.1 Å². The van der Waals surface area contributed by atoms with Crippen LogP contribution in [0.15, 0.2) is 119 Å². The first-order valence-electron chi connectivity index (χ1n) is 16.1. The number of nitrogens with one attached hydrogen (secondary N) is 1. The molecule has 0 bridgehead atoms. The van der Waals surface area contributed by atoms with Gasteiger partial charge in [0.1, 0.15) is 22.5 Å². The first-order valence-corrected chi connectivity index (χ1v) is 16.1. The number of hydrogen-bond donors (Lipinski definition) is 4. The monoisotopic (exact) mass is 653 g/mol. The van der Waals surface area contributed by atoms with E-state index in [1.54, 1.807) is 18.2 Å². The lowest BCUT2D eigenvalue weighted by molar-refractivity contribution is 0.177. The van der Waals surface area contributed by atoms with Crippen molar-refractivity contribution in [1.29, 1.82) is 0 Å². The van der Waals surface area contributed by atoms with Crippen molar-refractivity contribution in [2.24, 2.45) is 0 Å². The van der Waals surface area contributed by atoms with Gasteiger partial charge in [-0.15, -0.1) is 0 Å². The first kappa shape index (κ1) is 31.6. The number of ether oxygens (including phenoxy) is 2. The Hall–Kier alpha value is -5.99. The summed E-state index contributed by atoms with van der Waals surface area (Å²) in [5.74, 6) is 0.237. The molecule has 8 heteroatoms. The average molecular weight is 654 g/mol. The molecule has 246 valence electrons. The molecule has 0 spiro atoms. The van der Waals surface area contributed by atoms with Crippen LogP contribution in [0.5, 0.6) is 23.0 Å². The van der Waals surface area contributed by atoms with Crippen molar-refractivity contribution in [2.45, 2.75) is 25.4 Å². The minimum atomic E-state index is -0.809. The van der Waals surface area contributed by atoms with Crippen molar-refractivity contribution < 1.29 is 29.2 Å². The third kappa shape index (κ3) is 6.34. The van der Waals surface area contributed by atoms with Gasteiger partial charge in [-0.1, -0.05) is 66.7 Å². The molecule has 0 amide bonds. The first-order chi connectivity index (χ1) is 23.9. The van der Waals surface area contributed by atoms with Crippen molar-refractivity contribution in [3.8, 4) is 34.3 Å². The predicted molar refractivity (Wildman–Crippen MR) is 193 cm³/mol. The highest BCUT2D eigenvalue weighted by molar-refractivity contribution is 6.07. The summed E-state index contributed by atoms with van der Waals surface area (Å²) in [5, 5.41) is 35.6. The fraction of sp³-hybridized carbons (Fsp3) is 0.146. The zero-order valence-electron chi connectivity index (χ0n) is 26.9. The van der Waals surface area contributed by atoms with Crippen LogP contribution < -0.4 is 14.9 Å². The van der Waals surface area contributed by atoms with E-state index in [4.69, 9.17) is 13.9 Å². The number of benzene rings is 5. The highest BCUT2D eigenvalue weighted by Gasteiger charge is 2.26. The third-order valence-corrected chi connectivity index (χ3v) is 8.81. The highest BCUT2D eigenvalue weighted by Crippen LogP contribution is 2.46. The Morgan fingerprint density at radius 3 is 2.47 bits per heavy atom. The van der Waals surface area contributed by atoms with Crippen LogP contribution in [-0.2, 0) is 12.8 Å². The quantitative estimate of drug-likeness (QED) is 0.111. The molecule has 5 aromatic carbocycles. The lowest BCUT2D eigenvalue weighted by Gasteiger charge is -2.19. The van der Waals surface area contributed by atoms with E-state index < -0.39 is 6.10 Å². The maximum Gasteiger partial charge on any atom is 0.204 e. The van der Waals surface area contributed by atoms with E-state index in [-0.39, 0.29) is 58.2 Å². The predicted octanol–water partition coefficient (Wildman–Crippen LogP) is 8.14. The van der Waals surface area contributed by atoms with Gasteiger partial charge in [-0.05, 0) is 71.1 Å². The summed E-state index contributed by atoms with van der Waals surface area (Å²) >= 11 is 0. The van der Waals surface area contributed by atoms with Crippen molar-refractivity contribution in [2.75, 3.05) is 13.7 Å². The van der Waals surface area contributed by atoms with Gasteiger partial charge in [0.05, 0.1) is 19.8 Å². The van der Waals surface area contributed by atoms with Crippen LogP contribution in [0.25, 0.3) is 50.0 Å². The number of aliphatic hydroxyl groups is 1. The number of methoxy groups -OCH3 is 1. The van der Waals surface area contributed by atoms with Crippen molar-refractivity contribution in [3.05, 3.63) is 136 Å². The van der Waals surface area contributed by atoms with Gasteiger partial charge in [-0.2, -0.15) is 0 Å². The van der Waals surface area contributed by atoms with Crippen LogP contribution in [0.2, 0.25) is 0 Å². The van der Waals surface area contributed by atoms with Crippen LogP contribution in [0.3, 0.4) is 0 Å². The van der Waals surface area contributed by atoms with Crippen molar-refractivity contribution in [3.63, 3.8) is 0 Å². The Morgan fingerprint density at radius 2 is 1.67 bits per heavy atom. The van der Waals surface area contributed by atoms with E-state index in [0.717, 1.165) is 32.8 Å². The van der Waals surface area contributed by atoms with E-state index in [9.17, 15) is 20.1 Å². The molecule has 0 aliphatic rings. The van der Waals surface area contributed by atoms with E-state index in [2.05, 4.69) is 35.3 Å². The molecular weight excluding hydrogens is 618 g/mol. The van der Waals surface area contributed by atoms with E-state index in [0.29, 0.717) is 24.0 Å². The summed E-state index contributed by atoms with van der Waals surface area (Å²) in [6.45, 7) is 0.0350. The van der Waals surface area contributed by atoms with Gasteiger partial charge < -0.3 is 34.2 Å². The number of aromatic hydroxyl groups is 2. The van der Waals surface area contributed by atoms with Crippen LogP contribution in [0, 0.1) is 0 Å². The molecular formula is C41H35NO7. The topological polar surface area (TPSA) is 125 Å². The number of phenols is 2. The van der Waals surface area contributed by atoms with Gasteiger partial charge in [0.2, 0.25) is 5.75 Å². The minimum absolute atomic E-state index is 0.0217. The maximum atomic E-state index is 13.9. The van der Waals surface area contributed by atoms with Gasteiger partial charge in [0.15, 0.2) is 16.9 Å². The normalized spacial score (nSPS) is 12.3. The number of hydrogen-bond acceptors (Lipinski definition) is 7. The standard InChI is InChI=1S/C41H35NO7/c1-47-41-38(46)33(17-13-26-8-5-9-31-30(26)18-19-34-32(31)20-22-42-34)39-37(35(45)24-36(49-39)27-11-15-28(43)16-12-27)40(41)48-23-21-29(44)14-10-25-6-3-2-4-7-25/h2-12,14-16,18-20,22,24,29,42-44,46H,13,17,21,23H2,1H3. The Balaban J connectivity index is 1.27. The summed E-state index contributed by atoms with van der Waals surface area (Å²) in [6.07, 6.45) is 5.71. The summed E-state index contributed by atoms with van der Waals surface area (Å²) in [5.41, 5.74) is 3.86. The molecule has 1 atom stereocenters. The SMILES string of the molecule is COc1c(O)c(CCc2cccc3c2ccc2[nH]ccc23)c2oc(-c3ccc(O)cc3)cc(=O)c2c1OCCC(O)C=Cc1ccccc1. The second-order valence-corrected chi connectivity index (χ2v) is 11.9. The molecule has 8 nitrogen and oxygen atoms in total. The molecule has 0 aliphatic heterocycles. The Morgan fingerprint density at radius 1 is 0.857 bits per heavy atom. The minimum Gasteiger partial charge on any atom is -0.508 e. The summed E-state index contributed by atoms with van der Waals surface area (Å²) in [7, 11) is 1.41. The number of fused-ring (bicyclic) bond motifs is 4. The number of aromatic amines is 1. The van der Waals surface area contributed by atoms with Gasteiger partial charge >= 0.3 is 0 Å². The lowest BCUT2D eigenvalue weighted by Crippen LogP contribution is -2.12. The van der Waals surface area contributed by atoms with Gasteiger partial charge in [-0.3, -0.25) is 4.79 Å². The van der Waals surface area contributed by atoms with Gasteiger partial charge in [0.25, 0.3) is 0 Å². The zero-order valence-corrected chi connectivity index (χ0v) is 26.9. The number of phenolic OH excluding ortho intramolecular Hbond substituents is 2. The van der Waals surface area contributed by atoms with Gasteiger partial charge in [0, 0.05) is 40.7 Å². The molecule has 2 aromatic heterocycles. The zero-order chi connectivity index (χ0) is 33.9. The molecule has 0 aliphatic carbocycles. The molecule has 0 fully saturated rings. The Kier molecular flexibility index (Phi) is 8.79. The molecule has 0 saturated heterocycles.